The molecule has 6 nitrogen and oxygen atoms in total. The van der Waals surface area contributed by atoms with Crippen molar-refractivity contribution in [3.63, 3.8) is 0 Å². The van der Waals surface area contributed by atoms with Crippen LogP contribution in [0.1, 0.15) is 12.5 Å². The molecule has 112 valence electrons. The maximum atomic E-state index is 11.4. The van der Waals surface area contributed by atoms with E-state index in [0.29, 0.717) is 6.54 Å². The number of nitrogens with one attached hydrogen (secondary N) is 2. The number of hydrogen-bond donors (Lipinski definition) is 2. The molecule has 0 unspecified atom stereocenters. The average molecular weight is 316 g/mol. The van der Waals surface area contributed by atoms with Gasteiger partial charge in [-0.2, -0.15) is 11.8 Å². The van der Waals surface area contributed by atoms with Crippen molar-refractivity contribution < 1.29 is 8.42 Å². The van der Waals surface area contributed by atoms with E-state index in [1.165, 1.54) is 5.56 Å². The minimum atomic E-state index is -3.27. The summed E-state index contributed by atoms with van der Waals surface area (Å²) in [4.78, 5) is 7.84. The fraction of sp³-hybridized carbons (Fsp3) is 0.500. The van der Waals surface area contributed by atoms with Crippen LogP contribution >= 0.6 is 11.8 Å². The van der Waals surface area contributed by atoms with Crippen molar-refractivity contribution >= 4 is 27.7 Å². The maximum Gasteiger partial charge on any atom is 0.234 e. The van der Waals surface area contributed by atoms with Crippen LogP contribution in [0.2, 0.25) is 0 Å². The first-order valence-corrected chi connectivity index (χ1v) is 9.06. The molecule has 0 aliphatic carbocycles. The number of thioether (sulfide) groups is 1. The van der Waals surface area contributed by atoms with Gasteiger partial charge in [0.05, 0.1) is 5.75 Å². The van der Waals surface area contributed by atoms with E-state index in [1.54, 1.807) is 38.1 Å². The van der Waals surface area contributed by atoms with Gasteiger partial charge < -0.3 is 5.32 Å². The van der Waals surface area contributed by atoms with Crippen molar-refractivity contribution in [3.8, 4) is 0 Å². The predicted octanol–water partition coefficient (Wildman–Crippen LogP) is 0.829. The predicted molar refractivity (Wildman–Crippen MR) is 84.4 cm³/mol. The van der Waals surface area contributed by atoms with Crippen LogP contribution in [-0.2, 0) is 15.8 Å². The van der Waals surface area contributed by atoms with Crippen LogP contribution < -0.4 is 10.0 Å². The van der Waals surface area contributed by atoms with Gasteiger partial charge in [0.25, 0.3) is 0 Å². The average Bonchev–Trinajstić information content (AvgIpc) is 2.46. The summed E-state index contributed by atoms with van der Waals surface area (Å²) >= 11 is 1.76. The summed E-state index contributed by atoms with van der Waals surface area (Å²) in [6.45, 7) is 2.23. The number of rotatable bonds is 7. The minimum absolute atomic E-state index is 0.0322. The molecular weight excluding hydrogens is 296 g/mol. The lowest BCUT2D eigenvalue weighted by Gasteiger charge is -2.11. The van der Waals surface area contributed by atoms with Crippen molar-refractivity contribution in [2.24, 2.45) is 4.99 Å². The van der Waals surface area contributed by atoms with E-state index >= 15 is 0 Å². The second kappa shape index (κ2) is 8.80. The number of hydrogen-bond acceptors (Lipinski definition) is 5. The Morgan fingerprint density at radius 3 is 2.70 bits per heavy atom. The smallest absolute Gasteiger partial charge is 0.234 e. The molecule has 0 saturated heterocycles. The number of nitrogens with zero attached hydrogens (tertiary/aromatic N) is 2. The summed E-state index contributed by atoms with van der Waals surface area (Å²) in [7, 11) is -1.73. The molecule has 1 aromatic rings. The fourth-order valence-corrected chi connectivity index (χ4v) is 2.71. The van der Waals surface area contributed by atoms with Gasteiger partial charge in [0.15, 0.2) is 0 Å². The monoisotopic (exact) mass is 316 g/mol. The number of aliphatic imine (C=N–C) groups is 1. The second-order valence-electron chi connectivity index (χ2n) is 3.91. The Morgan fingerprint density at radius 2 is 2.10 bits per heavy atom. The van der Waals surface area contributed by atoms with Crippen LogP contribution in [0.15, 0.2) is 29.5 Å². The topological polar surface area (TPSA) is 83.5 Å². The van der Waals surface area contributed by atoms with E-state index in [0.717, 1.165) is 11.5 Å². The third-order valence-electron chi connectivity index (χ3n) is 2.41. The van der Waals surface area contributed by atoms with E-state index < -0.39 is 10.0 Å². The zero-order valence-corrected chi connectivity index (χ0v) is 13.3. The van der Waals surface area contributed by atoms with Crippen molar-refractivity contribution in [1.29, 1.82) is 0 Å². The highest BCUT2D eigenvalue weighted by atomic mass is 32.2. The fourth-order valence-electron chi connectivity index (χ4n) is 1.29. The normalized spacial score (nSPS) is 12.2. The molecule has 0 saturated carbocycles. The third kappa shape index (κ3) is 6.76. The summed E-state index contributed by atoms with van der Waals surface area (Å²) in [5.74, 6) is 2.08. The maximum absolute atomic E-state index is 11.4. The van der Waals surface area contributed by atoms with Crippen LogP contribution in [0.25, 0.3) is 0 Å². The van der Waals surface area contributed by atoms with E-state index in [2.05, 4.69) is 20.0 Å². The van der Waals surface area contributed by atoms with Gasteiger partial charge in [-0.25, -0.2) is 8.42 Å². The van der Waals surface area contributed by atoms with Crippen molar-refractivity contribution in [1.82, 2.24) is 15.0 Å². The zero-order valence-electron chi connectivity index (χ0n) is 11.7. The van der Waals surface area contributed by atoms with Gasteiger partial charge in [-0.05, 0) is 24.6 Å². The second-order valence-corrected chi connectivity index (χ2v) is 7.03. The lowest BCUT2D eigenvalue weighted by molar-refractivity contribution is 0.593. The summed E-state index contributed by atoms with van der Waals surface area (Å²) in [5, 5.41) is 2.97. The molecule has 0 aromatic carbocycles. The van der Waals surface area contributed by atoms with Crippen molar-refractivity contribution in [2.45, 2.75) is 12.7 Å². The Bertz CT molecular complexity index is 518. The van der Waals surface area contributed by atoms with Crippen molar-refractivity contribution in [3.05, 3.63) is 30.1 Å². The Balaban J connectivity index is 2.23. The third-order valence-corrected chi connectivity index (χ3v) is 4.71. The molecule has 0 amide bonds. The van der Waals surface area contributed by atoms with Crippen LogP contribution in [0.5, 0.6) is 0 Å². The molecule has 0 radical (unpaired) electrons. The minimum Gasteiger partial charge on any atom is -0.355 e. The summed E-state index contributed by atoms with van der Waals surface area (Å²) in [6.07, 6.45) is 3.55. The van der Waals surface area contributed by atoms with E-state index in [9.17, 15) is 8.42 Å². The Morgan fingerprint density at radius 1 is 1.40 bits per heavy atom. The van der Waals surface area contributed by atoms with Gasteiger partial charge >= 0.3 is 0 Å². The summed E-state index contributed by atoms with van der Waals surface area (Å²) in [6, 6.07) is 3.96. The number of pyridine rings is 1. The first kappa shape index (κ1) is 16.8. The van der Waals surface area contributed by atoms with E-state index in [-0.39, 0.29) is 11.7 Å². The number of aromatic nitrogens is 1. The van der Waals surface area contributed by atoms with E-state index in [4.69, 9.17) is 0 Å². The molecule has 20 heavy (non-hydrogen) atoms. The highest BCUT2D eigenvalue weighted by Gasteiger charge is 2.08. The molecule has 0 aliphatic heterocycles. The summed E-state index contributed by atoms with van der Waals surface area (Å²) in [5.41, 5.74) is 1.22. The Labute approximate surface area is 124 Å². The molecule has 0 bridgehead atoms. The van der Waals surface area contributed by atoms with Crippen LogP contribution in [-0.4, -0.2) is 44.5 Å². The van der Waals surface area contributed by atoms with Gasteiger partial charge in [0, 0.05) is 37.5 Å². The van der Waals surface area contributed by atoms with Crippen LogP contribution in [0.4, 0.5) is 0 Å². The number of guanidine groups is 1. The van der Waals surface area contributed by atoms with E-state index in [1.807, 2.05) is 12.1 Å². The lowest BCUT2D eigenvalue weighted by atomic mass is 10.3. The molecule has 1 aromatic heterocycles. The Hall–Kier alpha value is -1.28. The first-order chi connectivity index (χ1) is 9.57. The molecule has 0 spiro atoms. The molecule has 0 aliphatic rings. The quantitative estimate of drug-likeness (QED) is 0.442. The largest absolute Gasteiger partial charge is 0.355 e. The van der Waals surface area contributed by atoms with Gasteiger partial charge in [-0.15, -0.1) is 0 Å². The molecule has 0 fully saturated rings. The lowest BCUT2D eigenvalue weighted by Crippen LogP contribution is -2.42. The molecular formula is C12H20N4O2S2. The van der Waals surface area contributed by atoms with Gasteiger partial charge in [0.1, 0.15) is 0 Å². The van der Waals surface area contributed by atoms with Crippen molar-refractivity contribution in [2.75, 3.05) is 25.1 Å². The molecule has 8 heteroatoms. The molecule has 0 atom stereocenters. The van der Waals surface area contributed by atoms with Gasteiger partial charge in [-0.3, -0.25) is 14.7 Å². The van der Waals surface area contributed by atoms with Crippen LogP contribution in [0, 0.1) is 0 Å². The zero-order chi connectivity index (χ0) is 14.8. The molecule has 2 N–H and O–H groups in total. The first-order valence-electron chi connectivity index (χ1n) is 6.25. The number of sulfonamides is 1. The van der Waals surface area contributed by atoms with Crippen LogP contribution in [0.3, 0.4) is 0 Å². The molecule has 1 heterocycles. The molecule has 1 rings (SSSR count). The van der Waals surface area contributed by atoms with Gasteiger partial charge in [-0.1, -0.05) is 0 Å². The SMILES string of the molecule is CCS(=O)(=O)NC(=NC)NCCSCc1ccncc1. The standard InChI is InChI=1S/C12H20N4O2S2/c1-3-20(17,18)16-12(13-2)15-8-9-19-10-11-4-6-14-7-5-11/h4-7H,3,8-10H2,1-2H3,(H2,13,15,16). The highest BCUT2D eigenvalue weighted by molar-refractivity contribution is 7.98. The Kier molecular flexibility index (Phi) is 7.38. The summed E-state index contributed by atoms with van der Waals surface area (Å²) < 4.78 is 25.2. The highest BCUT2D eigenvalue weighted by Crippen LogP contribution is 2.09. The van der Waals surface area contributed by atoms with Gasteiger partial charge in [0.2, 0.25) is 16.0 Å².